The molecule has 2 unspecified atom stereocenters. The summed E-state index contributed by atoms with van der Waals surface area (Å²) < 4.78 is 0. The Morgan fingerprint density at radius 3 is 2.00 bits per heavy atom. The van der Waals surface area contributed by atoms with Gasteiger partial charge in [0.2, 0.25) is 0 Å². The molecule has 0 aliphatic rings. The Bertz CT molecular complexity index is 218. The van der Waals surface area contributed by atoms with E-state index in [1.807, 2.05) is 0 Å². The molecule has 0 amide bonds. The first-order valence-electron chi connectivity index (χ1n) is 8.23. The summed E-state index contributed by atoms with van der Waals surface area (Å²) >= 11 is 0. The molecule has 0 heterocycles. The van der Waals surface area contributed by atoms with E-state index in [2.05, 4.69) is 65.6 Å². The van der Waals surface area contributed by atoms with Gasteiger partial charge in [-0.1, -0.05) is 34.1 Å². The lowest BCUT2D eigenvalue weighted by molar-refractivity contribution is 0.0980. The van der Waals surface area contributed by atoms with Gasteiger partial charge in [0.25, 0.3) is 0 Å². The Hall–Kier alpha value is -0.0800. The molecule has 1 N–H and O–H groups in total. The molecule has 2 heteroatoms. The first kappa shape index (κ1) is 18.9. The Balaban J connectivity index is 4.74. The van der Waals surface area contributed by atoms with Crippen LogP contribution in [-0.4, -0.2) is 35.6 Å². The van der Waals surface area contributed by atoms with Crippen LogP contribution in [0.15, 0.2) is 0 Å². The van der Waals surface area contributed by atoms with Crippen LogP contribution in [0.1, 0.15) is 74.7 Å². The van der Waals surface area contributed by atoms with E-state index < -0.39 is 0 Å². The Morgan fingerprint density at radius 2 is 1.63 bits per heavy atom. The maximum Gasteiger partial charge on any atom is 0.0246 e. The van der Waals surface area contributed by atoms with Crippen LogP contribution in [0.5, 0.6) is 0 Å². The molecule has 0 radical (unpaired) electrons. The molecule has 2 nitrogen and oxygen atoms in total. The minimum Gasteiger partial charge on any atom is -0.311 e. The number of nitrogens with one attached hydrogen (secondary N) is 1. The normalized spacial score (nSPS) is 16.1. The Kier molecular flexibility index (Phi) is 8.93. The summed E-state index contributed by atoms with van der Waals surface area (Å²) in [4.78, 5) is 2.73. The summed E-state index contributed by atoms with van der Waals surface area (Å²) in [5, 5.41) is 3.70. The third-order valence-corrected chi connectivity index (χ3v) is 3.96. The zero-order valence-electron chi connectivity index (χ0n) is 14.7. The third kappa shape index (κ3) is 7.94. The summed E-state index contributed by atoms with van der Waals surface area (Å²) in [6.45, 7) is 20.8. The van der Waals surface area contributed by atoms with Crippen molar-refractivity contribution in [1.82, 2.24) is 10.2 Å². The fourth-order valence-electron chi connectivity index (χ4n) is 2.43. The largest absolute Gasteiger partial charge is 0.311 e. The predicted octanol–water partition coefficient (Wildman–Crippen LogP) is 4.30. The predicted molar refractivity (Wildman–Crippen MR) is 87.7 cm³/mol. The molecule has 0 aliphatic carbocycles. The molecule has 0 aromatic carbocycles. The van der Waals surface area contributed by atoms with Gasteiger partial charge in [-0.3, -0.25) is 4.90 Å². The average molecular weight is 271 g/mol. The molecule has 0 saturated heterocycles. The molecule has 0 bridgehead atoms. The molecule has 0 rings (SSSR count). The van der Waals surface area contributed by atoms with Crippen molar-refractivity contribution < 1.29 is 0 Å². The lowest BCUT2D eigenvalue weighted by Gasteiger charge is -2.40. The van der Waals surface area contributed by atoms with E-state index in [4.69, 9.17) is 0 Å². The zero-order valence-corrected chi connectivity index (χ0v) is 14.7. The first-order chi connectivity index (χ1) is 8.72. The highest BCUT2D eigenvalue weighted by Gasteiger charge is 2.26. The molecule has 0 aliphatic heterocycles. The van der Waals surface area contributed by atoms with Gasteiger partial charge in [0.05, 0.1) is 0 Å². The Morgan fingerprint density at radius 1 is 1.05 bits per heavy atom. The van der Waals surface area contributed by atoms with Gasteiger partial charge in [-0.15, -0.1) is 0 Å². The van der Waals surface area contributed by atoms with E-state index in [9.17, 15) is 0 Å². The van der Waals surface area contributed by atoms with Crippen LogP contribution >= 0.6 is 0 Å². The average Bonchev–Trinajstić information content (AvgIpc) is 2.30. The molecule has 0 aromatic heterocycles. The minimum absolute atomic E-state index is 0.207. The van der Waals surface area contributed by atoms with Gasteiger partial charge in [-0.05, 0) is 53.0 Å². The molecule has 0 fully saturated rings. The van der Waals surface area contributed by atoms with Crippen LogP contribution in [-0.2, 0) is 0 Å². The summed E-state index contributed by atoms with van der Waals surface area (Å²) in [7, 11) is 0. The molecule has 116 valence electrons. The van der Waals surface area contributed by atoms with E-state index >= 15 is 0 Å². The minimum atomic E-state index is 0.207. The van der Waals surface area contributed by atoms with Crippen LogP contribution in [0, 0.1) is 5.92 Å². The van der Waals surface area contributed by atoms with Crippen molar-refractivity contribution in [1.29, 1.82) is 0 Å². The fraction of sp³-hybridized carbons (Fsp3) is 1.00. The highest BCUT2D eigenvalue weighted by molar-refractivity contribution is 4.83. The van der Waals surface area contributed by atoms with Crippen molar-refractivity contribution in [2.24, 2.45) is 5.92 Å². The van der Waals surface area contributed by atoms with Gasteiger partial charge >= 0.3 is 0 Å². The van der Waals surface area contributed by atoms with Crippen LogP contribution < -0.4 is 5.32 Å². The smallest absolute Gasteiger partial charge is 0.0246 e. The molecular weight excluding hydrogens is 232 g/mol. The monoisotopic (exact) mass is 270 g/mol. The fourth-order valence-corrected chi connectivity index (χ4v) is 2.43. The van der Waals surface area contributed by atoms with Gasteiger partial charge in [-0.25, -0.2) is 0 Å². The maximum absolute atomic E-state index is 3.70. The summed E-state index contributed by atoms with van der Waals surface area (Å²) in [6.07, 6.45) is 3.83. The maximum atomic E-state index is 3.70. The van der Waals surface area contributed by atoms with E-state index in [1.54, 1.807) is 0 Å². The second-order valence-electron chi connectivity index (χ2n) is 7.29. The lowest BCUT2D eigenvalue weighted by atomic mass is 9.98. The van der Waals surface area contributed by atoms with Crippen LogP contribution in [0.4, 0.5) is 0 Å². The van der Waals surface area contributed by atoms with Crippen molar-refractivity contribution in [3.63, 3.8) is 0 Å². The first-order valence-corrected chi connectivity index (χ1v) is 8.23. The second-order valence-corrected chi connectivity index (χ2v) is 7.29. The van der Waals surface area contributed by atoms with E-state index in [0.29, 0.717) is 18.0 Å². The standard InChI is InChI=1S/C17H38N2/c1-9-11-12-19(15(5)10-2)16(14(3)4)13-18-17(6,7)8/h14-16,18H,9-13H2,1-8H3. The number of rotatable bonds is 9. The van der Waals surface area contributed by atoms with Crippen molar-refractivity contribution in [3.8, 4) is 0 Å². The topological polar surface area (TPSA) is 15.3 Å². The number of unbranched alkanes of at least 4 members (excludes halogenated alkanes) is 1. The van der Waals surface area contributed by atoms with Gasteiger partial charge in [0.1, 0.15) is 0 Å². The zero-order chi connectivity index (χ0) is 15.1. The number of nitrogens with zero attached hydrogens (tertiary/aromatic N) is 1. The van der Waals surface area contributed by atoms with Crippen LogP contribution in [0.25, 0.3) is 0 Å². The number of hydrogen-bond donors (Lipinski definition) is 1. The highest BCUT2D eigenvalue weighted by Crippen LogP contribution is 2.17. The van der Waals surface area contributed by atoms with Gasteiger partial charge in [0.15, 0.2) is 0 Å². The summed E-state index contributed by atoms with van der Waals surface area (Å²) in [6, 6.07) is 1.32. The van der Waals surface area contributed by atoms with Crippen molar-refractivity contribution >= 4 is 0 Å². The second kappa shape index (κ2) is 8.97. The third-order valence-electron chi connectivity index (χ3n) is 3.96. The van der Waals surface area contributed by atoms with Crippen molar-refractivity contribution in [2.45, 2.75) is 92.3 Å². The van der Waals surface area contributed by atoms with Crippen molar-refractivity contribution in [2.75, 3.05) is 13.1 Å². The molecule has 0 saturated carbocycles. The SMILES string of the molecule is CCCCN(C(C)CC)C(CNC(C)(C)C)C(C)C. The lowest BCUT2D eigenvalue weighted by Crippen LogP contribution is -2.52. The van der Waals surface area contributed by atoms with Gasteiger partial charge in [0, 0.05) is 24.2 Å². The molecule has 0 aromatic rings. The molecule has 19 heavy (non-hydrogen) atoms. The summed E-state index contributed by atoms with van der Waals surface area (Å²) in [5.41, 5.74) is 0.207. The molecular formula is C17H38N2. The summed E-state index contributed by atoms with van der Waals surface area (Å²) in [5.74, 6) is 0.695. The van der Waals surface area contributed by atoms with E-state index in [0.717, 1.165) is 6.54 Å². The molecule has 2 atom stereocenters. The van der Waals surface area contributed by atoms with E-state index in [1.165, 1.54) is 25.8 Å². The van der Waals surface area contributed by atoms with Crippen LogP contribution in [0.3, 0.4) is 0 Å². The van der Waals surface area contributed by atoms with Crippen molar-refractivity contribution in [3.05, 3.63) is 0 Å². The molecule has 0 spiro atoms. The number of hydrogen-bond acceptors (Lipinski definition) is 2. The van der Waals surface area contributed by atoms with Gasteiger partial charge in [-0.2, -0.15) is 0 Å². The van der Waals surface area contributed by atoms with Gasteiger partial charge < -0.3 is 5.32 Å². The highest BCUT2D eigenvalue weighted by atomic mass is 15.2. The van der Waals surface area contributed by atoms with E-state index in [-0.39, 0.29) is 5.54 Å². The quantitative estimate of drug-likeness (QED) is 0.672. The van der Waals surface area contributed by atoms with Crippen LogP contribution in [0.2, 0.25) is 0 Å². The Labute approximate surface area is 122 Å².